The summed E-state index contributed by atoms with van der Waals surface area (Å²) in [7, 11) is -2.42. The first-order valence-electron chi connectivity index (χ1n) is 18.5. The number of aliphatic hydroxyl groups is 1. The first-order valence-corrected chi connectivity index (χ1v) is 21.6. The van der Waals surface area contributed by atoms with Crippen molar-refractivity contribution in [1.82, 2.24) is 0 Å². The average Bonchev–Trinajstić information content (AvgIpc) is 3.66. The second kappa shape index (κ2) is 12.1. The molecular formula is C41H54F2O3SSi. The minimum atomic E-state index is -3.51. The zero-order chi connectivity index (χ0) is 34.3. The standard InChI is InChI=1S/C41H54F2O3SSi/c1-26(2)48(27(3)4,28(5)6)23-20-41(42,43)40(44)19-17-36-34-15-10-30-24-39(45-21-22-46-39)18-16-33(30)37(34)35(25-38(36,40)7)29-8-11-31(12-9-29)47-32-13-14-32/h8-9,11-12,21-22,24,26-28,32,34-36,44H,10,13-19,25H2,1-7H3/t34-,35+,36-,38-,40-/m0/s1. The summed E-state index contributed by atoms with van der Waals surface area (Å²) in [6.45, 7) is 14.9. The Morgan fingerprint density at radius 2 is 1.56 bits per heavy atom. The van der Waals surface area contributed by atoms with Crippen LogP contribution >= 0.6 is 11.8 Å². The van der Waals surface area contributed by atoms with Crippen molar-refractivity contribution in [3.63, 3.8) is 0 Å². The van der Waals surface area contributed by atoms with Crippen molar-refractivity contribution in [1.29, 1.82) is 0 Å². The molecule has 5 aliphatic carbocycles. The molecule has 1 aromatic rings. The highest BCUT2D eigenvalue weighted by molar-refractivity contribution is 8.00. The zero-order valence-corrected chi connectivity index (χ0v) is 31.7. The van der Waals surface area contributed by atoms with Crippen LogP contribution in [0, 0.1) is 28.7 Å². The first-order chi connectivity index (χ1) is 22.7. The molecule has 48 heavy (non-hydrogen) atoms. The molecule has 3 fully saturated rings. The summed E-state index contributed by atoms with van der Waals surface area (Å²) in [5.74, 6) is -1.57. The Morgan fingerprint density at radius 3 is 2.17 bits per heavy atom. The van der Waals surface area contributed by atoms with E-state index in [-0.39, 0.29) is 40.8 Å². The predicted octanol–water partition coefficient (Wildman–Crippen LogP) is 11.1. The van der Waals surface area contributed by atoms with Crippen molar-refractivity contribution in [2.24, 2.45) is 17.3 Å². The van der Waals surface area contributed by atoms with Gasteiger partial charge < -0.3 is 14.6 Å². The number of thioether (sulfide) groups is 1. The highest BCUT2D eigenvalue weighted by atomic mass is 32.2. The van der Waals surface area contributed by atoms with Crippen LogP contribution in [0.3, 0.4) is 0 Å². The number of alkyl halides is 2. The summed E-state index contributed by atoms with van der Waals surface area (Å²) in [6, 6.07) is 8.92. The lowest BCUT2D eigenvalue weighted by molar-refractivity contribution is -0.209. The molecule has 0 radical (unpaired) electrons. The fourth-order valence-electron chi connectivity index (χ4n) is 11.0. The predicted molar refractivity (Wildman–Crippen MR) is 193 cm³/mol. The van der Waals surface area contributed by atoms with Gasteiger partial charge in [-0.1, -0.05) is 66.2 Å². The molecule has 7 heteroatoms. The number of allylic oxidation sites excluding steroid dienone is 3. The van der Waals surface area contributed by atoms with E-state index in [1.165, 1.54) is 40.0 Å². The third-order valence-corrected chi connectivity index (χ3v) is 21.2. The van der Waals surface area contributed by atoms with Crippen LogP contribution in [0.5, 0.6) is 0 Å². The summed E-state index contributed by atoms with van der Waals surface area (Å²) < 4.78 is 45.8. The van der Waals surface area contributed by atoms with Crippen molar-refractivity contribution in [3.05, 3.63) is 65.1 Å². The van der Waals surface area contributed by atoms with E-state index < -0.39 is 30.8 Å². The van der Waals surface area contributed by atoms with Crippen LogP contribution in [-0.4, -0.2) is 35.7 Å². The quantitative estimate of drug-likeness (QED) is 0.228. The molecule has 1 aliphatic heterocycles. The van der Waals surface area contributed by atoms with Gasteiger partial charge in [-0.05, 0) is 115 Å². The van der Waals surface area contributed by atoms with Crippen LogP contribution in [0.25, 0.3) is 0 Å². The van der Waals surface area contributed by atoms with Crippen molar-refractivity contribution >= 4 is 19.8 Å². The van der Waals surface area contributed by atoms with Crippen LogP contribution in [0.15, 0.2) is 64.5 Å². The highest BCUT2D eigenvalue weighted by Gasteiger charge is 2.71. The smallest absolute Gasteiger partial charge is 0.336 e. The van der Waals surface area contributed by atoms with Gasteiger partial charge in [-0.25, -0.2) is 0 Å². The molecule has 1 aromatic carbocycles. The lowest BCUT2D eigenvalue weighted by atomic mass is 9.50. The van der Waals surface area contributed by atoms with E-state index in [0.29, 0.717) is 12.8 Å². The molecule has 1 N–H and O–H groups in total. The van der Waals surface area contributed by atoms with Gasteiger partial charge in [0.05, 0.1) is 0 Å². The molecule has 1 spiro atoms. The largest absolute Gasteiger partial charge is 0.453 e. The van der Waals surface area contributed by atoms with Gasteiger partial charge in [0, 0.05) is 34.0 Å². The van der Waals surface area contributed by atoms with E-state index in [0.717, 1.165) is 30.9 Å². The van der Waals surface area contributed by atoms with Crippen molar-refractivity contribution in [2.75, 3.05) is 0 Å². The third-order valence-electron chi connectivity index (χ3n) is 13.6. The van der Waals surface area contributed by atoms with Gasteiger partial charge >= 0.3 is 5.92 Å². The Morgan fingerprint density at radius 1 is 0.917 bits per heavy atom. The van der Waals surface area contributed by atoms with Crippen LogP contribution < -0.4 is 0 Å². The van der Waals surface area contributed by atoms with E-state index in [1.807, 2.05) is 18.7 Å². The highest BCUT2D eigenvalue weighted by Crippen LogP contribution is 2.69. The number of rotatable bonds is 7. The minimum absolute atomic E-state index is 0.0287. The van der Waals surface area contributed by atoms with Crippen LogP contribution in [0.4, 0.5) is 8.78 Å². The molecule has 0 aromatic heterocycles. The van der Waals surface area contributed by atoms with Gasteiger partial charge in [0.2, 0.25) is 0 Å². The molecule has 3 saturated carbocycles. The van der Waals surface area contributed by atoms with E-state index in [4.69, 9.17) is 9.47 Å². The van der Waals surface area contributed by atoms with Gasteiger partial charge in [0.15, 0.2) is 0 Å². The van der Waals surface area contributed by atoms with Gasteiger partial charge in [-0.15, -0.1) is 17.3 Å². The Labute approximate surface area is 292 Å². The molecule has 7 rings (SSSR count). The number of fused-ring (bicyclic) bond motifs is 4. The first kappa shape index (κ1) is 34.4. The van der Waals surface area contributed by atoms with Crippen LogP contribution in [-0.2, 0) is 9.47 Å². The maximum atomic E-state index is 17.0. The fourth-order valence-corrected chi connectivity index (χ4v) is 17.3. The second-order valence-corrected chi connectivity index (χ2v) is 23.8. The summed E-state index contributed by atoms with van der Waals surface area (Å²) in [6.07, 6.45) is 12.5. The van der Waals surface area contributed by atoms with Gasteiger partial charge in [0.1, 0.15) is 26.2 Å². The lowest BCUT2D eigenvalue weighted by Crippen LogP contribution is -2.60. The molecule has 260 valence electrons. The Balaban J connectivity index is 1.31. The third kappa shape index (κ3) is 5.29. The van der Waals surface area contributed by atoms with Crippen LogP contribution in [0.2, 0.25) is 16.6 Å². The monoisotopic (exact) mass is 692 g/mol. The van der Waals surface area contributed by atoms with E-state index >= 15 is 8.78 Å². The van der Waals surface area contributed by atoms with Crippen LogP contribution in [0.1, 0.15) is 118 Å². The topological polar surface area (TPSA) is 38.7 Å². The molecular weight excluding hydrogens is 639 g/mol. The lowest BCUT2D eigenvalue weighted by Gasteiger charge is -2.55. The van der Waals surface area contributed by atoms with Crippen molar-refractivity contribution in [2.45, 2.75) is 156 Å². The average molecular weight is 693 g/mol. The maximum absolute atomic E-state index is 17.0. The SMILES string of the molecule is CC(C)[Si](C#CC(F)(F)[C@]1(O)CC[C@H]2[C@@H]3CCC4=CC5(CCC4=C3[C@@H](c3ccc(SC4CC4)cc3)C[C@@]21C)OC=CO5)(C(C)C)C(C)C. The Hall–Kier alpha value is -2.01. The zero-order valence-electron chi connectivity index (χ0n) is 29.9. The van der Waals surface area contributed by atoms with Gasteiger partial charge in [-0.3, -0.25) is 0 Å². The maximum Gasteiger partial charge on any atom is 0.336 e. The number of ether oxygens (including phenoxy) is 2. The number of benzene rings is 1. The van der Waals surface area contributed by atoms with Crippen molar-refractivity contribution in [3.8, 4) is 11.5 Å². The molecule has 0 saturated heterocycles. The van der Waals surface area contributed by atoms with E-state index in [1.54, 1.807) is 12.5 Å². The van der Waals surface area contributed by atoms with Gasteiger partial charge in [0.25, 0.3) is 5.79 Å². The fraction of sp³-hybridized carbons (Fsp3) is 0.659. The number of hydrogen-bond acceptors (Lipinski definition) is 4. The van der Waals surface area contributed by atoms with Gasteiger partial charge in [-0.2, -0.15) is 8.78 Å². The minimum Gasteiger partial charge on any atom is -0.453 e. The van der Waals surface area contributed by atoms with E-state index in [2.05, 4.69) is 83.3 Å². The molecule has 0 unspecified atom stereocenters. The number of hydrogen-bond donors (Lipinski definition) is 1. The summed E-state index contributed by atoms with van der Waals surface area (Å²) >= 11 is 1.94. The summed E-state index contributed by atoms with van der Waals surface area (Å²) in [5.41, 5.74) is 6.11. The molecule has 3 nitrogen and oxygen atoms in total. The molecule has 0 bridgehead atoms. The normalized spacial score (nSPS) is 32.4. The Kier molecular flexibility index (Phi) is 8.65. The summed E-state index contributed by atoms with van der Waals surface area (Å²) in [4.78, 5) is 1.27. The Bertz CT molecular complexity index is 1550. The molecule has 1 heterocycles. The molecule has 6 aliphatic rings. The number of halogens is 2. The molecule has 5 atom stereocenters. The van der Waals surface area contributed by atoms with E-state index in [9.17, 15) is 5.11 Å². The molecule has 0 amide bonds. The van der Waals surface area contributed by atoms with Crippen molar-refractivity contribution < 1.29 is 23.4 Å². The second-order valence-electron chi connectivity index (χ2n) is 16.9. The summed E-state index contributed by atoms with van der Waals surface area (Å²) in [5, 5.41) is 13.3.